The zero-order chi connectivity index (χ0) is 13.0. The maximum atomic E-state index is 12.0. The third-order valence-corrected chi connectivity index (χ3v) is 2.90. The fourth-order valence-electron chi connectivity index (χ4n) is 1.92. The Labute approximate surface area is 107 Å². The molecule has 1 unspecified atom stereocenters. The Morgan fingerprint density at radius 1 is 1.17 bits per heavy atom. The van der Waals surface area contributed by atoms with Crippen LogP contribution in [0.15, 0.2) is 48.7 Å². The number of rotatable bonds is 3. The molecule has 0 aliphatic carbocycles. The van der Waals surface area contributed by atoms with Gasteiger partial charge in [-0.05, 0) is 37.1 Å². The molecule has 0 fully saturated rings. The molecule has 0 radical (unpaired) electrons. The summed E-state index contributed by atoms with van der Waals surface area (Å²) in [6, 6.07) is 13.3. The van der Waals surface area contributed by atoms with Gasteiger partial charge in [0.25, 0.3) is 5.91 Å². The van der Waals surface area contributed by atoms with Crippen LogP contribution in [0, 0.1) is 6.92 Å². The lowest BCUT2D eigenvalue weighted by molar-refractivity contribution is 0.0935. The van der Waals surface area contributed by atoms with Crippen LogP contribution in [0.25, 0.3) is 0 Å². The van der Waals surface area contributed by atoms with Gasteiger partial charge in [0.1, 0.15) is 5.69 Å². The van der Waals surface area contributed by atoms with Crippen LogP contribution in [0.2, 0.25) is 0 Å². The van der Waals surface area contributed by atoms with Crippen LogP contribution in [0.5, 0.6) is 0 Å². The maximum absolute atomic E-state index is 12.0. The highest BCUT2D eigenvalue weighted by atomic mass is 16.1. The van der Waals surface area contributed by atoms with E-state index >= 15 is 0 Å². The zero-order valence-corrected chi connectivity index (χ0v) is 10.6. The van der Waals surface area contributed by atoms with Crippen molar-refractivity contribution in [3.8, 4) is 0 Å². The van der Waals surface area contributed by atoms with E-state index in [1.807, 2.05) is 38.1 Å². The zero-order valence-electron chi connectivity index (χ0n) is 10.6. The van der Waals surface area contributed by atoms with Crippen molar-refractivity contribution in [2.45, 2.75) is 19.9 Å². The number of hydrogen-bond acceptors (Lipinski definition) is 2. The normalized spacial score (nSPS) is 11.9. The summed E-state index contributed by atoms with van der Waals surface area (Å²) in [6.45, 7) is 4.02. The van der Waals surface area contributed by atoms with Crippen LogP contribution in [0.3, 0.4) is 0 Å². The molecule has 3 heteroatoms. The topological polar surface area (TPSA) is 42.0 Å². The van der Waals surface area contributed by atoms with Gasteiger partial charge >= 0.3 is 0 Å². The molecule has 0 aliphatic rings. The Bertz CT molecular complexity index is 537. The first-order valence-corrected chi connectivity index (χ1v) is 5.96. The lowest BCUT2D eigenvalue weighted by Gasteiger charge is -2.16. The Morgan fingerprint density at radius 3 is 2.56 bits per heavy atom. The number of hydrogen-bond donors (Lipinski definition) is 1. The quantitative estimate of drug-likeness (QED) is 0.896. The summed E-state index contributed by atoms with van der Waals surface area (Å²) < 4.78 is 0. The number of carbonyl (C=O) groups is 1. The van der Waals surface area contributed by atoms with Gasteiger partial charge in [0.05, 0.1) is 6.04 Å². The molecular weight excluding hydrogens is 224 g/mol. The molecule has 1 aromatic heterocycles. The van der Waals surface area contributed by atoms with E-state index in [4.69, 9.17) is 0 Å². The summed E-state index contributed by atoms with van der Waals surface area (Å²) in [7, 11) is 0. The van der Waals surface area contributed by atoms with E-state index in [0.29, 0.717) is 5.69 Å². The number of amides is 1. The number of benzene rings is 1. The second-order valence-electron chi connectivity index (χ2n) is 4.27. The van der Waals surface area contributed by atoms with E-state index < -0.39 is 0 Å². The number of nitrogens with one attached hydrogen (secondary N) is 1. The van der Waals surface area contributed by atoms with Gasteiger partial charge in [-0.15, -0.1) is 0 Å². The molecule has 1 N–H and O–H groups in total. The van der Waals surface area contributed by atoms with Gasteiger partial charge in [0.15, 0.2) is 0 Å². The molecule has 1 atom stereocenters. The molecule has 1 amide bonds. The number of aromatic nitrogens is 1. The van der Waals surface area contributed by atoms with Crippen LogP contribution in [-0.4, -0.2) is 10.9 Å². The van der Waals surface area contributed by atoms with E-state index in [1.165, 1.54) is 5.56 Å². The fraction of sp³-hybridized carbons (Fsp3) is 0.200. The van der Waals surface area contributed by atoms with Crippen molar-refractivity contribution in [2.75, 3.05) is 0 Å². The summed E-state index contributed by atoms with van der Waals surface area (Å²) in [5, 5.41) is 2.95. The third kappa shape index (κ3) is 2.74. The first kappa shape index (κ1) is 12.3. The minimum absolute atomic E-state index is 0.0271. The average Bonchev–Trinajstić information content (AvgIpc) is 2.40. The lowest BCUT2D eigenvalue weighted by Crippen LogP contribution is -2.27. The summed E-state index contributed by atoms with van der Waals surface area (Å²) in [4.78, 5) is 16.0. The predicted octanol–water partition coefficient (Wildman–Crippen LogP) is 2.88. The first-order chi connectivity index (χ1) is 8.68. The van der Waals surface area contributed by atoms with E-state index in [2.05, 4.69) is 10.3 Å². The third-order valence-electron chi connectivity index (χ3n) is 2.90. The maximum Gasteiger partial charge on any atom is 0.270 e. The van der Waals surface area contributed by atoms with Gasteiger partial charge in [-0.25, -0.2) is 0 Å². The van der Waals surface area contributed by atoms with Crippen molar-refractivity contribution >= 4 is 5.91 Å². The molecular formula is C15H16N2O. The SMILES string of the molecule is Cc1ccccc1C(C)NC(=O)c1ccccn1. The fourth-order valence-corrected chi connectivity index (χ4v) is 1.92. The van der Waals surface area contributed by atoms with Gasteiger partial charge in [0.2, 0.25) is 0 Å². The smallest absolute Gasteiger partial charge is 0.270 e. The van der Waals surface area contributed by atoms with Gasteiger partial charge in [-0.2, -0.15) is 0 Å². The van der Waals surface area contributed by atoms with Crippen LogP contribution < -0.4 is 5.32 Å². The van der Waals surface area contributed by atoms with Crippen molar-refractivity contribution in [1.82, 2.24) is 10.3 Å². The molecule has 3 nitrogen and oxygen atoms in total. The summed E-state index contributed by atoms with van der Waals surface area (Å²) >= 11 is 0. The summed E-state index contributed by atoms with van der Waals surface area (Å²) in [5.41, 5.74) is 2.74. The molecule has 0 aliphatic heterocycles. The monoisotopic (exact) mass is 240 g/mol. The summed E-state index contributed by atoms with van der Waals surface area (Å²) in [6.07, 6.45) is 1.62. The number of nitrogens with zero attached hydrogens (tertiary/aromatic N) is 1. The average molecular weight is 240 g/mol. The molecule has 92 valence electrons. The summed E-state index contributed by atoms with van der Waals surface area (Å²) in [5.74, 6) is -0.147. The molecule has 0 bridgehead atoms. The van der Waals surface area contributed by atoms with E-state index in [9.17, 15) is 4.79 Å². The van der Waals surface area contributed by atoms with Gasteiger partial charge < -0.3 is 5.32 Å². The Balaban J connectivity index is 2.11. The van der Waals surface area contributed by atoms with Crippen LogP contribution >= 0.6 is 0 Å². The predicted molar refractivity (Wildman–Crippen MR) is 71.3 cm³/mol. The van der Waals surface area contributed by atoms with Crippen LogP contribution in [0.1, 0.15) is 34.6 Å². The molecule has 0 saturated carbocycles. The first-order valence-electron chi connectivity index (χ1n) is 5.96. The number of pyridine rings is 1. The second kappa shape index (κ2) is 5.45. The van der Waals surface area contributed by atoms with Crippen LogP contribution in [-0.2, 0) is 0 Å². The van der Waals surface area contributed by atoms with E-state index in [-0.39, 0.29) is 11.9 Å². The van der Waals surface area contributed by atoms with Crippen molar-refractivity contribution < 1.29 is 4.79 Å². The molecule has 0 spiro atoms. The molecule has 18 heavy (non-hydrogen) atoms. The molecule has 2 rings (SSSR count). The van der Waals surface area contributed by atoms with Gasteiger partial charge in [-0.3, -0.25) is 9.78 Å². The minimum atomic E-state index is -0.147. The van der Waals surface area contributed by atoms with E-state index in [1.54, 1.807) is 24.4 Å². The Morgan fingerprint density at radius 2 is 1.89 bits per heavy atom. The standard InChI is InChI=1S/C15H16N2O/c1-11-7-3-4-8-13(11)12(2)17-15(18)14-9-5-6-10-16-14/h3-10,12H,1-2H3,(H,17,18). The molecule has 2 aromatic rings. The van der Waals surface area contributed by atoms with E-state index in [0.717, 1.165) is 5.56 Å². The van der Waals surface area contributed by atoms with Crippen molar-refractivity contribution in [3.05, 3.63) is 65.5 Å². The molecule has 1 heterocycles. The highest BCUT2D eigenvalue weighted by molar-refractivity contribution is 5.92. The van der Waals surface area contributed by atoms with Gasteiger partial charge in [0, 0.05) is 6.20 Å². The van der Waals surface area contributed by atoms with Gasteiger partial charge in [-0.1, -0.05) is 30.3 Å². The Hall–Kier alpha value is -2.16. The highest BCUT2D eigenvalue weighted by Gasteiger charge is 2.13. The number of aryl methyl sites for hydroxylation is 1. The van der Waals surface area contributed by atoms with Crippen molar-refractivity contribution in [3.63, 3.8) is 0 Å². The lowest BCUT2D eigenvalue weighted by atomic mass is 10.0. The second-order valence-corrected chi connectivity index (χ2v) is 4.27. The number of carbonyl (C=O) groups excluding carboxylic acids is 1. The largest absolute Gasteiger partial charge is 0.344 e. The van der Waals surface area contributed by atoms with Crippen molar-refractivity contribution in [1.29, 1.82) is 0 Å². The molecule has 0 saturated heterocycles. The van der Waals surface area contributed by atoms with Crippen LogP contribution in [0.4, 0.5) is 0 Å². The highest BCUT2D eigenvalue weighted by Crippen LogP contribution is 2.16. The minimum Gasteiger partial charge on any atom is -0.344 e. The molecule has 1 aromatic carbocycles. The van der Waals surface area contributed by atoms with Crippen molar-refractivity contribution in [2.24, 2.45) is 0 Å². The Kier molecular flexibility index (Phi) is 3.72.